The van der Waals surface area contributed by atoms with Gasteiger partial charge in [-0.3, -0.25) is 0 Å². The van der Waals surface area contributed by atoms with E-state index in [0.29, 0.717) is 17.2 Å². The molecule has 0 radical (unpaired) electrons. The fraction of sp³-hybridized carbons (Fsp3) is 0.0588. The number of nitriles is 1. The smallest absolute Gasteiger partial charge is 0.221 e. The quantitative estimate of drug-likeness (QED) is 0.693. The Morgan fingerprint density at radius 2 is 1.80 bits per heavy atom. The van der Waals surface area contributed by atoms with Crippen LogP contribution in [0.3, 0.4) is 0 Å². The maximum Gasteiger partial charge on any atom is 0.221 e. The number of nitrogens with zero attached hydrogens (tertiary/aromatic N) is 2. The van der Waals surface area contributed by atoms with Crippen molar-refractivity contribution in [1.29, 1.82) is 5.26 Å². The van der Waals surface area contributed by atoms with Crippen molar-refractivity contribution in [3.05, 3.63) is 65.7 Å². The SMILES string of the molecule is Cc1ccc(Oc2cc(C#N)c3ccccc3n2)cc1. The van der Waals surface area contributed by atoms with Crippen molar-refractivity contribution in [3.63, 3.8) is 0 Å². The number of rotatable bonds is 2. The van der Waals surface area contributed by atoms with Crippen molar-refractivity contribution in [2.45, 2.75) is 6.92 Å². The van der Waals surface area contributed by atoms with Crippen LogP contribution in [-0.4, -0.2) is 4.98 Å². The van der Waals surface area contributed by atoms with Crippen LogP contribution in [0.2, 0.25) is 0 Å². The van der Waals surface area contributed by atoms with Crippen LogP contribution in [0.15, 0.2) is 54.6 Å². The van der Waals surface area contributed by atoms with Crippen LogP contribution in [0.4, 0.5) is 0 Å². The van der Waals surface area contributed by atoms with Crippen LogP contribution in [-0.2, 0) is 0 Å². The molecule has 0 fully saturated rings. The van der Waals surface area contributed by atoms with Gasteiger partial charge in [-0.05, 0) is 25.1 Å². The Balaban J connectivity index is 2.04. The molecule has 0 bridgehead atoms. The molecule has 0 aliphatic carbocycles. The molecule has 0 saturated carbocycles. The van der Waals surface area contributed by atoms with E-state index in [0.717, 1.165) is 10.9 Å². The van der Waals surface area contributed by atoms with Gasteiger partial charge in [0.2, 0.25) is 5.88 Å². The van der Waals surface area contributed by atoms with Gasteiger partial charge in [0.15, 0.2) is 0 Å². The molecular formula is C17H12N2O. The minimum absolute atomic E-state index is 0.434. The lowest BCUT2D eigenvalue weighted by Gasteiger charge is -2.07. The summed E-state index contributed by atoms with van der Waals surface area (Å²) >= 11 is 0. The molecule has 3 rings (SSSR count). The van der Waals surface area contributed by atoms with E-state index in [2.05, 4.69) is 11.1 Å². The molecule has 0 saturated heterocycles. The van der Waals surface area contributed by atoms with E-state index in [1.165, 1.54) is 5.56 Å². The van der Waals surface area contributed by atoms with Crippen molar-refractivity contribution in [2.24, 2.45) is 0 Å². The van der Waals surface area contributed by atoms with Gasteiger partial charge < -0.3 is 4.74 Å². The van der Waals surface area contributed by atoms with Gasteiger partial charge in [-0.15, -0.1) is 0 Å². The highest BCUT2D eigenvalue weighted by Crippen LogP contribution is 2.25. The first-order chi connectivity index (χ1) is 9.76. The summed E-state index contributed by atoms with van der Waals surface area (Å²) in [5.74, 6) is 1.14. The lowest BCUT2D eigenvalue weighted by molar-refractivity contribution is 0.465. The average molecular weight is 260 g/mol. The second-order valence-electron chi connectivity index (χ2n) is 4.55. The average Bonchev–Trinajstić information content (AvgIpc) is 2.49. The molecule has 1 aromatic heterocycles. The van der Waals surface area contributed by atoms with Gasteiger partial charge in [-0.1, -0.05) is 35.9 Å². The van der Waals surface area contributed by atoms with E-state index >= 15 is 0 Å². The van der Waals surface area contributed by atoms with Crippen LogP contribution in [0, 0.1) is 18.3 Å². The molecule has 3 aromatic rings. The van der Waals surface area contributed by atoms with Crippen molar-refractivity contribution >= 4 is 10.9 Å². The summed E-state index contributed by atoms with van der Waals surface area (Å²) in [4.78, 5) is 4.43. The summed E-state index contributed by atoms with van der Waals surface area (Å²) in [5.41, 5.74) is 2.49. The van der Waals surface area contributed by atoms with E-state index in [9.17, 15) is 5.26 Å². The number of aromatic nitrogens is 1. The largest absolute Gasteiger partial charge is 0.439 e. The Morgan fingerprint density at radius 1 is 1.05 bits per heavy atom. The van der Waals surface area contributed by atoms with Crippen LogP contribution in [0.25, 0.3) is 10.9 Å². The normalized spacial score (nSPS) is 10.2. The summed E-state index contributed by atoms with van der Waals surface area (Å²) in [6.07, 6.45) is 0. The van der Waals surface area contributed by atoms with Crippen molar-refractivity contribution < 1.29 is 4.74 Å². The fourth-order valence-corrected chi connectivity index (χ4v) is 2.02. The van der Waals surface area contributed by atoms with Gasteiger partial charge in [0, 0.05) is 11.5 Å². The number of pyridine rings is 1. The minimum Gasteiger partial charge on any atom is -0.439 e. The molecule has 0 aliphatic rings. The summed E-state index contributed by atoms with van der Waals surface area (Å²) < 4.78 is 5.72. The highest BCUT2D eigenvalue weighted by molar-refractivity contribution is 5.85. The fourth-order valence-electron chi connectivity index (χ4n) is 2.02. The lowest BCUT2D eigenvalue weighted by Crippen LogP contribution is -1.91. The van der Waals surface area contributed by atoms with E-state index in [1.807, 2.05) is 55.5 Å². The lowest BCUT2D eigenvalue weighted by atomic mass is 10.1. The van der Waals surface area contributed by atoms with Gasteiger partial charge in [-0.2, -0.15) is 5.26 Å². The standard InChI is InChI=1S/C17H12N2O/c1-12-6-8-14(9-7-12)20-17-10-13(11-18)15-4-2-3-5-16(15)19-17/h2-10H,1H3. The molecule has 1 heterocycles. The maximum atomic E-state index is 9.23. The van der Waals surface area contributed by atoms with Crippen LogP contribution in [0.5, 0.6) is 11.6 Å². The van der Waals surface area contributed by atoms with E-state index in [1.54, 1.807) is 6.07 Å². The zero-order chi connectivity index (χ0) is 13.9. The first kappa shape index (κ1) is 12.2. The molecule has 0 aliphatic heterocycles. The zero-order valence-electron chi connectivity index (χ0n) is 11.0. The van der Waals surface area contributed by atoms with Crippen LogP contribution in [0.1, 0.15) is 11.1 Å². The van der Waals surface area contributed by atoms with Gasteiger partial charge in [0.05, 0.1) is 11.1 Å². The highest BCUT2D eigenvalue weighted by atomic mass is 16.5. The molecule has 2 aromatic carbocycles. The molecule has 0 spiro atoms. The van der Waals surface area contributed by atoms with E-state index in [-0.39, 0.29) is 0 Å². The molecule has 96 valence electrons. The topological polar surface area (TPSA) is 45.9 Å². The second kappa shape index (κ2) is 5.02. The molecule has 3 heteroatoms. The molecule has 0 atom stereocenters. The Labute approximate surface area is 117 Å². The zero-order valence-corrected chi connectivity index (χ0v) is 11.0. The molecule has 0 unspecified atom stereocenters. The number of aryl methyl sites for hydroxylation is 1. The Hall–Kier alpha value is -2.86. The predicted molar refractivity (Wildman–Crippen MR) is 77.7 cm³/mol. The third-order valence-corrected chi connectivity index (χ3v) is 3.06. The first-order valence-electron chi connectivity index (χ1n) is 6.31. The Kier molecular flexibility index (Phi) is 3.06. The number of para-hydroxylation sites is 1. The van der Waals surface area contributed by atoms with Gasteiger partial charge in [0.1, 0.15) is 11.8 Å². The van der Waals surface area contributed by atoms with E-state index < -0.39 is 0 Å². The van der Waals surface area contributed by atoms with Crippen molar-refractivity contribution in [1.82, 2.24) is 4.98 Å². The second-order valence-corrected chi connectivity index (χ2v) is 4.55. The summed E-state index contributed by atoms with van der Waals surface area (Å²) in [7, 11) is 0. The maximum absolute atomic E-state index is 9.23. The number of hydrogen-bond donors (Lipinski definition) is 0. The van der Waals surface area contributed by atoms with Crippen LogP contribution < -0.4 is 4.74 Å². The van der Waals surface area contributed by atoms with Gasteiger partial charge >= 0.3 is 0 Å². The molecule has 0 N–H and O–H groups in total. The highest BCUT2D eigenvalue weighted by Gasteiger charge is 2.06. The summed E-state index contributed by atoms with van der Waals surface area (Å²) in [5, 5.41) is 10.1. The summed E-state index contributed by atoms with van der Waals surface area (Å²) in [6, 6.07) is 19.1. The summed E-state index contributed by atoms with van der Waals surface area (Å²) in [6.45, 7) is 2.02. The minimum atomic E-state index is 0.434. The number of hydrogen-bond acceptors (Lipinski definition) is 3. The Morgan fingerprint density at radius 3 is 2.55 bits per heavy atom. The predicted octanol–water partition coefficient (Wildman–Crippen LogP) is 4.21. The Bertz CT molecular complexity index is 801. The molecule has 3 nitrogen and oxygen atoms in total. The number of benzene rings is 2. The third-order valence-electron chi connectivity index (χ3n) is 3.06. The third kappa shape index (κ3) is 2.32. The van der Waals surface area contributed by atoms with Crippen molar-refractivity contribution in [2.75, 3.05) is 0 Å². The molecule has 20 heavy (non-hydrogen) atoms. The number of ether oxygens (including phenoxy) is 1. The van der Waals surface area contributed by atoms with Crippen molar-refractivity contribution in [3.8, 4) is 17.7 Å². The molecular weight excluding hydrogens is 248 g/mol. The van der Waals surface area contributed by atoms with E-state index in [4.69, 9.17) is 4.74 Å². The monoisotopic (exact) mass is 260 g/mol. The van der Waals surface area contributed by atoms with Gasteiger partial charge in [-0.25, -0.2) is 4.98 Å². The number of fused-ring (bicyclic) bond motifs is 1. The van der Waals surface area contributed by atoms with Crippen LogP contribution >= 0.6 is 0 Å². The van der Waals surface area contributed by atoms with Gasteiger partial charge in [0.25, 0.3) is 0 Å². The molecule has 0 amide bonds. The first-order valence-corrected chi connectivity index (χ1v) is 6.31.